The van der Waals surface area contributed by atoms with Gasteiger partial charge in [-0.2, -0.15) is 0 Å². The number of carbonyl (C=O) groups is 1. The van der Waals surface area contributed by atoms with Crippen LogP contribution in [0.1, 0.15) is 12.0 Å². The lowest BCUT2D eigenvalue weighted by atomic mass is 10.1. The van der Waals surface area contributed by atoms with E-state index in [-0.39, 0.29) is 0 Å². The Morgan fingerprint density at radius 3 is 2.62 bits per heavy atom. The fourth-order valence-electron chi connectivity index (χ4n) is 4.55. The normalized spacial score (nSPS) is 26.9. The van der Waals surface area contributed by atoms with E-state index < -0.39 is 0 Å². The zero-order valence-corrected chi connectivity index (χ0v) is 15.7. The molecule has 142 valence electrons. The molecule has 4 rings (SSSR count). The maximum Gasteiger partial charge on any atom is 0.236 e. The maximum absolute atomic E-state index is 12.7. The van der Waals surface area contributed by atoms with Crippen LogP contribution in [-0.4, -0.2) is 86.1 Å². The summed E-state index contributed by atoms with van der Waals surface area (Å²) >= 11 is 0. The third-order valence-electron chi connectivity index (χ3n) is 6.19. The van der Waals surface area contributed by atoms with Gasteiger partial charge in [0.1, 0.15) is 5.75 Å². The zero-order chi connectivity index (χ0) is 17.9. The van der Waals surface area contributed by atoms with Crippen molar-refractivity contribution in [2.24, 2.45) is 5.92 Å². The fraction of sp³-hybridized carbons (Fsp3) is 0.650. The van der Waals surface area contributed by atoms with Crippen LogP contribution in [0.5, 0.6) is 5.75 Å². The van der Waals surface area contributed by atoms with Crippen molar-refractivity contribution < 1.29 is 9.53 Å². The summed E-state index contributed by atoms with van der Waals surface area (Å²) in [4.78, 5) is 19.6. The molecule has 6 heteroatoms. The number of amides is 1. The number of piperazine rings is 1. The van der Waals surface area contributed by atoms with Gasteiger partial charge in [-0.3, -0.25) is 14.6 Å². The molecule has 3 heterocycles. The molecule has 0 radical (unpaired) electrons. The Morgan fingerprint density at radius 2 is 1.88 bits per heavy atom. The zero-order valence-electron chi connectivity index (χ0n) is 15.7. The predicted molar refractivity (Wildman–Crippen MR) is 101 cm³/mol. The van der Waals surface area contributed by atoms with Crippen molar-refractivity contribution in [2.45, 2.75) is 19.0 Å². The van der Waals surface area contributed by atoms with Crippen LogP contribution in [0.25, 0.3) is 0 Å². The molecule has 1 N–H and O–H groups in total. The molecule has 3 saturated heterocycles. The summed E-state index contributed by atoms with van der Waals surface area (Å²) in [6, 6.07) is 8.84. The van der Waals surface area contributed by atoms with Crippen LogP contribution >= 0.6 is 0 Å². The third-order valence-corrected chi connectivity index (χ3v) is 6.19. The number of nitrogens with zero attached hydrogens (tertiary/aromatic N) is 3. The molecule has 2 atom stereocenters. The number of nitrogens with one attached hydrogen (secondary N) is 1. The van der Waals surface area contributed by atoms with Gasteiger partial charge in [-0.25, -0.2) is 0 Å². The lowest BCUT2D eigenvalue weighted by Gasteiger charge is -2.36. The molecule has 0 aromatic heterocycles. The number of carbonyl (C=O) groups excluding carboxylic acids is 1. The smallest absolute Gasteiger partial charge is 0.236 e. The summed E-state index contributed by atoms with van der Waals surface area (Å²) in [5, 5.41) is 3.46. The van der Waals surface area contributed by atoms with Gasteiger partial charge in [0.15, 0.2) is 0 Å². The Bertz CT molecular complexity index is 613. The van der Waals surface area contributed by atoms with Crippen LogP contribution in [0.3, 0.4) is 0 Å². The fourth-order valence-corrected chi connectivity index (χ4v) is 4.55. The molecular weight excluding hydrogens is 328 g/mol. The first-order valence-electron chi connectivity index (χ1n) is 9.81. The highest BCUT2D eigenvalue weighted by molar-refractivity contribution is 5.78. The molecule has 1 aromatic carbocycles. The summed E-state index contributed by atoms with van der Waals surface area (Å²) in [7, 11) is 1.69. The quantitative estimate of drug-likeness (QED) is 0.837. The van der Waals surface area contributed by atoms with E-state index in [1.54, 1.807) is 7.11 Å². The van der Waals surface area contributed by atoms with Crippen molar-refractivity contribution in [3.05, 3.63) is 29.8 Å². The highest BCUT2D eigenvalue weighted by Gasteiger charge is 2.38. The Kier molecular flexibility index (Phi) is 5.43. The van der Waals surface area contributed by atoms with E-state index in [0.29, 0.717) is 18.5 Å². The second kappa shape index (κ2) is 7.94. The van der Waals surface area contributed by atoms with E-state index in [1.165, 1.54) is 12.0 Å². The summed E-state index contributed by atoms with van der Waals surface area (Å²) in [6.07, 6.45) is 1.24. The van der Waals surface area contributed by atoms with Gasteiger partial charge in [-0.1, -0.05) is 12.1 Å². The van der Waals surface area contributed by atoms with E-state index >= 15 is 0 Å². The molecule has 3 fully saturated rings. The summed E-state index contributed by atoms with van der Waals surface area (Å²) < 4.78 is 5.21. The van der Waals surface area contributed by atoms with Gasteiger partial charge < -0.3 is 15.0 Å². The molecule has 6 nitrogen and oxygen atoms in total. The molecule has 1 amide bonds. The topological polar surface area (TPSA) is 48.1 Å². The minimum atomic E-state index is 0.307. The maximum atomic E-state index is 12.7. The Morgan fingerprint density at radius 1 is 1.12 bits per heavy atom. The number of methoxy groups -OCH3 is 1. The van der Waals surface area contributed by atoms with Gasteiger partial charge in [-0.15, -0.1) is 0 Å². The second-order valence-corrected chi connectivity index (χ2v) is 7.75. The minimum absolute atomic E-state index is 0.307. The molecular formula is C20H30N4O2. The van der Waals surface area contributed by atoms with Crippen LogP contribution in [-0.2, 0) is 11.3 Å². The standard InChI is InChI=1S/C20H30N4O2/c1-26-18-4-2-16(3-5-18)14-22-8-10-23(11-9-22)20(25)15-24-7-6-17-12-21-13-19(17)24/h2-5,17,19,21H,6-15H2,1H3/t17-,19+/m1/s1. The summed E-state index contributed by atoms with van der Waals surface area (Å²) in [5.41, 5.74) is 1.29. The Labute approximate surface area is 156 Å². The van der Waals surface area contributed by atoms with Crippen molar-refractivity contribution >= 4 is 5.91 Å². The number of fused-ring (bicyclic) bond motifs is 1. The summed E-state index contributed by atoms with van der Waals surface area (Å²) in [6.45, 7) is 8.38. The molecule has 3 aliphatic heterocycles. The van der Waals surface area contributed by atoms with Crippen LogP contribution in [0.2, 0.25) is 0 Å². The van der Waals surface area contributed by atoms with Crippen molar-refractivity contribution in [3.8, 4) is 5.75 Å². The molecule has 0 spiro atoms. The van der Waals surface area contributed by atoms with E-state index in [9.17, 15) is 4.79 Å². The predicted octanol–water partition coefficient (Wildman–Crippen LogP) is 0.633. The molecule has 0 aliphatic carbocycles. The SMILES string of the molecule is COc1ccc(CN2CCN(C(=O)CN3CC[C@@H]4CNC[C@@H]43)CC2)cc1. The van der Waals surface area contributed by atoms with Crippen LogP contribution in [0.15, 0.2) is 24.3 Å². The van der Waals surface area contributed by atoms with E-state index in [2.05, 4.69) is 32.1 Å². The highest BCUT2D eigenvalue weighted by Crippen LogP contribution is 2.26. The lowest BCUT2D eigenvalue weighted by Crippen LogP contribution is -2.51. The first kappa shape index (κ1) is 17.8. The number of ether oxygens (including phenoxy) is 1. The van der Waals surface area contributed by atoms with E-state index in [1.807, 2.05) is 12.1 Å². The average Bonchev–Trinajstić information content (AvgIpc) is 3.28. The van der Waals surface area contributed by atoms with Crippen molar-refractivity contribution in [2.75, 3.05) is 59.5 Å². The molecule has 3 aliphatic rings. The molecule has 0 bridgehead atoms. The molecule has 1 aromatic rings. The molecule has 0 saturated carbocycles. The molecule has 26 heavy (non-hydrogen) atoms. The van der Waals surface area contributed by atoms with Gasteiger partial charge in [-0.05, 0) is 43.1 Å². The lowest BCUT2D eigenvalue weighted by molar-refractivity contribution is -0.134. The van der Waals surface area contributed by atoms with Crippen LogP contribution in [0, 0.1) is 5.92 Å². The average molecular weight is 358 g/mol. The first-order valence-corrected chi connectivity index (χ1v) is 9.81. The molecule has 0 unspecified atom stereocenters. The van der Waals surface area contributed by atoms with E-state index in [0.717, 1.165) is 64.0 Å². The number of rotatable bonds is 5. The van der Waals surface area contributed by atoms with Crippen molar-refractivity contribution in [1.29, 1.82) is 0 Å². The Balaban J connectivity index is 1.23. The Hall–Kier alpha value is -1.63. The third kappa shape index (κ3) is 3.87. The second-order valence-electron chi connectivity index (χ2n) is 7.75. The minimum Gasteiger partial charge on any atom is -0.497 e. The van der Waals surface area contributed by atoms with Crippen LogP contribution < -0.4 is 10.1 Å². The number of hydrogen-bond donors (Lipinski definition) is 1. The number of hydrogen-bond acceptors (Lipinski definition) is 5. The monoisotopic (exact) mass is 358 g/mol. The van der Waals surface area contributed by atoms with Gasteiger partial charge in [0.05, 0.1) is 13.7 Å². The van der Waals surface area contributed by atoms with Gasteiger partial charge in [0.25, 0.3) is 0 Å². The largest absolute Gasteiger partial charge is 0.497 e. The number of benzene rings is 1. The van der Waals surface area contributed by atoms with Gasteiger partial charge >= 0.3 is 0 Å². The summed E-state index contributed by atoms with van der Waals surface area (Å²) in [5.74, 6) is 1.96. The van der Waals surface area contributed by atoms with Crippen LogP contribution in [0.4, 0.5) is 0 Å². The van der Waals surface area contributed by atoms with E-state index in [4.69, 9.17) is 4.74 Å². The van der Waals surface area contributed by atoms with Gasteiger partial charge in [0, 0.05) is 45.3 Å². The first-order chi connectivity index (χ1) is 12.7. The van der Waals surface area contributed by atoms with Gasteiger partial charge in [0.2, 0.25) is 5.91 Å². The van der Waals surface area contributed by atoms with Crippen molar-refractivity contribution in [1.82, 2.24) is 20.0 Å². The van der Waals surface area contributed by atoms with Crippen molar-refractivity contribution in [3.63, 3.8) is 0 Å². The number of likely N-dealkylation sites (tertiary alicyclic amines) is 1. The highest BCUT2D eigenvalue weighted by atomic mass is 16.5.